The third-order valence-electron chi connectivity index (χ3n) is 5.39. The lowest BCUT2D eigenvalue weighted by Crippen LogP contribution is -2.53. The SMILES string of the molecule is CC(CCc1nc2ccc(C#CC#CCOC(=O)N3CC(O)C3)cc2s1)(C(=O)NO)S(C)(=O)=O. The molecule has 0 saturated carbocycles. The number of ether oxygens (including phenoxy) is 1. The summed E-state index contributed by atoms with van der Waals surface area (Å²) in [6.45, 7) is 1.70. The Hall–Kier alpha value is -3.16. The lowest BCUT2D eigenvalue weighted by Gasteiger charge is -2.34. The molecule has 1 atom stereocenters. The topological polar surface area (TPSA) is 146 Å². The average molecular weight is 506 g/mol. The number of aromatic nitrogens is 1. The number of amides is 2. The molecule has 180 valence electrons. The number of fused-ring (bicyclic) bond motifs is 1. The second kappa shape index (κ2) is 10.4. The van der Waals surface area contributed by atoms with E-state index in [1.54, 1.807) is 12.1 Å². The highest BCUT2D eigenvalue weighted by molar-refractivity contribution is 7.92. The molecule has 2 amide bonds. The highest BCUT2D eigenvalue weighted by Crippen LogP contribution is 2.28. The molecule has 2 heterocycles. The number of thiazole rings is 1. The summed E-state index contributed by atoms with van der Waals surface area (Å²) < 4.78 is 28.2. The van der Waals surface area contributed by atoms with Crippen molar-refractivity contribution in [2.24, 2.45) is 0 Å². The highest BCUT2D eigenvalue weighted by Gasteiger charge is 2.43. The predicted octanol–water partition coefficient (Wildman–Crippen LogP) is 0.706. The van der Waals surface area contributed by atoms with Gasteiger partial charge in [-0.15, -0.1) is 11.3 Å². The van der Waals surface area contributed by atoms with Crippen molar-refractivity contribution in [1.82, 2.24) is 15.4 Å². The van der Waals surface area contributed by atoms with Crippen LogP contribution in [0.1, 0.15) is 23.9 Å². The minimum atomic E-state index is -3.78. The van der Waals surface area contributed by atoms with Crippen LogP contribution >= 0.6 is 11.3 Å². The van der Waals surface area contributed by atoms with Crippen LogP contribution in [0.15, 0.2) is 18.2 Å². The molecule has 3 N–H and O–H groups in total. The van der Waals surface area contributed by atoms with Crippen molar-refractivity contribution in [2.75, 3.05) is 26.0 Å². The third-order valence-corrected chi connectivity index (χ3v) is 8.50. The molecule has 0 radical (unpaired) electrons. The highest BCUT2D eigenvalue weighted by atomic mass is 32.2. The van der Waals surface area contributed by atoms with Crippen LogP contribution in [0, 0.1) is 23.7 Å². The normalized spacial score (nSPS) is 15.2. The van der Waals surface area contributed by atoms with Gasteiger partial charge in [0.05, 0.1) is 34.4 Å². The Kier molecular flexibility index (Phi) is 7.79. The maximum absolute atomic E-state index is 12.1. The second-order valence-corrected chi connectivity index (χ2v) is 11.5. The molecule has 34 heavy (non-hydrogen) atoms. The number of aliphatic hydroxyl groups is 1. The average Bonchev–Trinajstić information content (AvgIpc) is 3.18. The van der Waals surface area contributed by atoms with E-state index in [2.05, 4.69) is 28.7 Å². The van der Waals surface area contributed by atoms with E-state index in [1.807, 2.05) is 6.07 Å². The fourth-order valence-corrected chi connectivity index (χ4v) is 4.93. The first-order chi connectivity index (χ1) is 16.0. The van der Waals surface area contributed by atoms with Gasteiger partial charge < -0.3 is 14.7 Å². The number of nitrogens with one attached hydrogen (secondary N) is 1. The van der Waals surface area contributed by atoms with E-state index >= 15 is 0 Å². The van der Waals surface area contributed by atoms with Crippen LogP contribution < -0.4 is 5.48 Å². The van der Waals surface area contributed by atoms with Crippen molar-refractivity contribution in [3.63, 3.8) is 0 Å². The zero-order chi connectivity index (χ0) is 24.9. The first kappa shape index (κ1) is 25.5. The minimum absolute atomic E-state index is 0.0385. The number of sulfone groups is 1. The van der Waals surface area contributed by atoms with E-state index in [0.717, 1.165) is 11.0 Å². The van der Waals surface area contributed by atoms with Crippen molar-refractivity contribution in [3.8, 4) is 23.7 Å². The summed E-state index contributed by atoms with van der Waals surface area (Å²) in [5.41, 5.74) is 2.85. The van der Waals surface area contributed by atoms with Gasteiger partial charge in [0.15, 0.2) is 16.4 Å². The van der Waals surface area contributed by atoms with E-state index in [-0.39, 0.29) is 32.5 Å². The van der Waals surface area contributed by atoms with Crippen molar-refractivity contribution in [3.05, 3.63) is 28.8 Å². The molecule has 1 aliphatic heterocycles. The van der Waals surface area contributed by atoms with E-state index in [9.17, 15) is 18.0 Å². The number of β-amino-alcohol motifs (C(OH)–C–C–N with tert-alkyl or cyclic N) is 1. The second-order valence-electron chi connectivity index (χ2n) is 7.90. The zero-order valence-electron chi connectivity index (χ0n) is 18.5. The summed E-state index contributed by atoms with van der Waals surface area (Å²) in [6.07, 6.45) is 0.140. The van der Waals surface area contributed by atoms with Crippen LogP contribution in [-0.4, -0.2) is 77.4 Å². The molecular formula is C22H23N3O7S2. The molecule has 2 aromatic rings. The Bertz CT molecular complexity index is 1320. The molecule has 0 bridgehead atoms. The number of nitrogens with zero attached hydrogens (tertiary/aromatic N) is 2. The van der Waals surface area contributed by atoms with E-state index in [1.165, 1.54) is 28.6 Å². The molecule has 1 aromatic carbocycles. The van der Waals surface area contributed by atoms with Crippen LogP contribution in [0.3, 0.4) is 0 Å². The Balaban J connectivity index is 1.60. The molecule has 1 unspecified atom stereocenters. The number of aryl methyl sites for hydroxylation is 1. The van der Waals surface area contributed by atoms with Gasteiger partial charge in [-0.05, 0) is 49.3 Å². The number of rotatable bonds is 6. The molecule has 3 rings (SSSR count). The van der Waals surface area contributed by atoms with E-state index < -0.39 is 32.7 Å². The van der Waals surface area contributed by atoms with Crippen molar-refractivity contribution < 1.29 is 33.1 Å². The number of hydrogen-bond acceptors (Lipinski definition) is 9. The van der Waals surface area contributed by atoms with Crippen molar-refractivity contribution in [1.29, 1.82) is 0 Å². The fourth-order valence-electron chi connectivity index (χ4n) is 3.07. The monoisotopic (exact) mass is 505 g/mol. The standard InChI is InChI=1S/C22H23N3O7S2/c1-22(20(27)24-29,34(2,30)31)10-9-19-23-17-8-7-15(12-18(17)33-19)6-4-3-5-11-32-21(28)25-13-16(26)14-25/h7-8,12,16,26,29H,9-11,13-14H2,1-2H3,(H,24,27). The number of carbonyl (C=O) groups is 2. The van der Waals surface area contributed by atoms with Crippen molar-refractivity contribution in [2.45, 2.75) is 30.6 Å². The molecule has 0 spiro atoms. The predicted molar refractivity (Wildman–Crippen MR) is 125 cm³/mol. The quantitative estimate of drug-likeness (QED) is 0.296. The van der Waals surface area contributed by atoms with Crippen LogP contribution in [0.2, 0.25) is 0 Å². The summed E-state index contributed by atoms with van der Waals surface area (Å²) >= 11 is 1.36. The Morgan fingerprint density at radius 2 is 2.09 bits per heavy atom. The van der Waals surface area contributed by atoms with Crippen LogP contribution in [0.5, 0.6) is 0 Å². The lowest BCUT2D eigenvalue weighted by molar-refractivity contribution is -0.131. The number of carbonyl (C=O) groups excluding carboxylic acids is 2. The molecular weight excluding hydrogens is 482 g/mol. The number of aliphatic hydroxyl groups excluding tert-OH is 1. The molecule has 1 saturated heterocycles. The molecule has 0 aliphatic carbocycles. The molecule has 1 aliphatic rings. The summed E-state index contributed by atoms with van der Waals surface area (Å²) in [4.78, 5) is 29.4. The third kappa shape index (κ3) is 5.85. The summed E-state index contributed by atoms with van der Waals surface area (Å²) in [6, 6.07) is 5.39. The van der Waals surface area contributed by atoms with Crippen LogP contribution in [0.4, 0.5) is 4.79 Å². The molecule has 1 fully saturated rings. The van der Waals surface area contributed by atoms with Crippen LogP contribution in [0.25, 0.3) is 10.2 Å². The molecule has 1 aromatic heterocycles. The Morgan fingerprint density at radius 3 is 2.74 bits per heavy atom. The smallest absolute Gasteiger partial charge is 0.410 e. The molecule has 12 heteroatoms. The van der Waals surface area contributed by atoms with Gasteiger partial charge in [0.25, 0.3) is 5.91 Å². The molecule has 10 nitrogen and oxygen atoms in total. The summed E-state index contributed by atoms with van der Waals surface area (Å²) in [5.74, 6) is 9.84. The maximum Gasteiger partial charge on any atom is 0.410 e. The van der Waals surface area contributed by atoms with Gasteiger partial charge in [-0.1, -0.05) is 5.92 Å². The number of hydroxylamine groups is 1. The number of likely N-dealkylation sites (tertiary alicyclic amines) is 1. The minimum Gasteiger partial charge on any atom is -0.436 e. The van der Waals surface area contributed by atoms with Gasteiger partial charge in [0, 0.05) is 18.2 Å². The van der Waals surface area contributed by atoms with Crippen molar-refractivity contribution >= 4 is 43.4 Å². The van der Waals surface area contributed by atoms with Crippen LogP contribution in [-0.2, 0) is 25.8 Å². The largest absolute Gasteiger partial charge is 0.436 e. The fraction of sp³-hybridized carbons (Fsp3) is 0.409. The summed E-state index contributed by atoms with van der Waals surface area (Å²) in [5, 5.41) is 18.7. The van der Waals surface area contributed by atoms with Gasteiger partial charge in [-0.3, -0.25) is 10.0 Å². The van der Waals surface area contributed by atoms with Gasteiger partial charge in [-0.25, -0.2) is 23.7 Å². The van der Waals surface area contributed by atoms with E-state index in [0.29, 0.717) is 16.1 Å². The van der Waals surface area contributed by atoms with Gasteiger partial charge in [-0.2, -0.15) is 0 Å². The number of benzene rings is 1. The lowest BCUT2D eigenvalue weighted by atomic mass is 10.0. The van der Waals surface area contributed by atoms with E-state index in [4.69, 9.17) is 15.1 Å². The summed E-state index contributed by atoms with van der Waals surface area (Å²) in [7, 11) is -3.78. The zero-order valence-corrected chi connectivity index (χ0v) is 20.1. The Labute approximate surface area is 200 Å². The van der Waals surface area contributed by atoms with Gasteiger partial charge in [0.2, 0.25) is 0 Å². The van der Waals surface area contributed by atoms with Gasteiger partial charge >= 0.3 is 6.09 Å². The first-order valence-electron chi connectivity index (χ1n) is 10.2. The first-order valence-corrected chi connectivity index (χ1v) is 12.9. The van der Waals surface area contributed by atoms with Gasteiger partial charge in [0.1, 0.15) is 4.75 Å². The maximum atomic E-state index is 12.1. The number of hydrogen-bond donors (Lipinski definition) is 3. The Morgan fingerprint density at radius 1 is 1.35 bits per heavy atom.